The van der Waals surface area contributed by atoms with Crippen molar-refractivity contribution >= 4 is 16.8 Å². The molecule has 0 radical (unpaired) electrons. The van der Waals surface area contributed by atoms with Crippen molar-refractivity contribution in [3.63, 3.8) is 0 Å². The van der Waals surface area contributed by atoms with Crippen molar-refractivity contribution in [2.24, 2.45) is 4.99 Å². The Balaban J connectivity index is 2.74. The lowest BCUT2D eigenvalue weighted by molar-refractivity contribution is 1.13. The predicted octanol–water partition coefficient (Wildman–Crippen LogP) is 3.53. The van der Waals surface area contributed by atoms with E-state index in [1.54, 1.807) is 11.8 Å². The Hall–Kier alpha value is -0.760. The highest BCUT2D eigenvalue weighted by molar-refractivity contribution is 8.14. The van der Waals surface area contributed by atoms with Gasteiger partial charge in [-0.3, -0.25) is 4.99 Å². The number of benzene rings is 1. The molecular formula is C11H15NS. The van der Waals surface area contributed by atoms with E-state index in [-0.39, 0.29) is 0 Å². The van der Waals surface area contributed by atoms with Gasteiger partial charge >= 0.3 is 0 Å². The molecule has 0 fully saturated rings. The van der Waals surface area contributed by atoms with Gasteiger partial charge in [0.25, 0.3) is 0 Å². The molecule has 1 aromatic carbocycles. The Morgan fingerprint density at radius 1 is 1.38 bits per heavy atom. The third-order valence-corrected chi connectivity index (χ3v) is 2.83. The molecule has 70 valence electrons. The lowest BCUT2D eigenvalue weighted by Crippen LogP contribution is -1.87. The van der Waals surface area contributed by atoms with E-state index in [0.717, 1.165) is 11.6 Å². The van der Waals surface area contributed by atoms with Gasteiger partial charge in [0, 0.05) is 11.4 Å². The molecule has 0 heterocycles. The minimum atomic E-state index is 0.866. The quantitative estimate of drug-likeness (QED) is 0.397. The standard InChI is InChI=1S/C11H15NS/c1-4-12-10(3)13-11-8-6-5-7-9(11)2/h5-8H,4H2,1-3H3/b12-10+. The summed E-state index contributed by atoms with van der Waals surface area (Å²) in [5.41, 5.74) is 1.32. The van der Waals surface area contributed by atoms with E-state index in [1.807, 2.05) is 0 Å². The Kier molecular flexibility index (Phi) is 4.03. The molecule has 1 nitrogen and oxygen atoms in total. The molecule has 0 aliphatic carbocycles. The largest absolute Gasteiger partial charge is 0.283 e. The number of thioether (sulfide) groups is 1. The Bertz CT molecular complexity index is 305. The number of rotatable bonds is 2. The topological polar surface area (TPSA) is 12.4 Å². The second-order valence-corrected chi connectivity index (χ2v) is 4.10. The normalized spacial score (nSPS) is 11.8. The first-order chi connectivity index (χ1) is 6.24. The first kappa shape index (κ1) is 10.3. The second-order valence-electron chi connectivity index (χ2n) is 2.86. The average Bonchev–Trinajstić information content (AvgIpc) is 2.09. The monoisotopic (exact) mass is 193 g/mol. The smallest absolute Gasteiger partial charge is 0.0692 e. The SMILES string of the molecule is CC/N=C(\C)Sc1ccccc1C. The van der Waals surface area contributed by atoms with Crippen LogP contribution in [-0.4, -0.2) is 11.6 Å². The van der Waals surface area contributed by atoms with Crippen LogP contribution in [0.2, 0.25) is 0 Å². The van der Waals surface area contributed by atoms with Crippen LogP contribution < -0.4 is 0 Å². The average molecular weight is 193 g/mol. The molecule has 0 saturated carbocycles. The third kappa shape index (κ3) is 3.23. The fourth-order valence-corrected chi connectivity index (χ4v) is 1.97. The summed E-state index contributed by atoms with van der Waals surface area (Å²) in [6, 6.07) is 8.39. The fourth-order valence-electron chi connectivity index (χ4n) is 1.09. The number of aliphatic imine (C=N–C) groups is 1. The Labute approximate surface area is 84.3 Å². The first-order valence-electron chi connectivity index (χ1n) is 4.48. The summed E-state index contributed by atoms with van der Waals surface area (Å²) in [5.74, 6) is 0. The van der Waals surface area contributed by atoms with Gasteiger partial charge in [0.15, 0.2) is 0 Å². The molecule has 0 aromatic heterocycles. The molecule has 0 aliphatic heterocycles. The molecule has 1 rings (SSSR count). The van der Waals surface area contributed by atoms with Gasteiger partial charge in [-0.2, -0.15) is 0 Å². The van der Waals surface area contributed by atoms with E-state index in [1.165, 1.54) is 10.5 Å². The van der Waals surface area contributed by atoms with E-state index in [4.69, 9.17) is 0 Å². The van der Waals surface area contributed by atoms with E-state index in [2.05, 4.69) is 50.0 Å². The molecule has 0 spiro atoms. The van der Waals surface area contributed by atoms with Gasteiger partial charge in [-0.15, -0.1) is 0 Å². The van der Waals surface area contributed by atoms with Gasteiger partial charge in [-0.1, -0.05) is 30.0 Å². The van der Waals surface area contributed by atoms with Crippen molar-refractivity contribution in [1.29, 1.82) is 0 Å². The van der Waals surface area contributed by atoms with Crippen LogP contribution in [0.5, 0.6) is 0 Å². The molecule has 2 heteroatoms. The van der Waals surface area contributed by atoms with Crippen LogP contribution in [-0.2, 0) is 0 Å². The number of nitrogens with zero attached hydrogens (tertiary/aromatic N) is 1. The summed E-state index contributed by atoms with van der Waals surface area (Å²) in [6.07, 6.45) is 0. The van der Waals surface area contributed by atoms with E-state index in [0.29, 0.717) is 0 Å². The van der Waals surface area contributed by atoms with Gasteiger partial charge in [-0.25, -0.2) is 0 Å². The Morgan fingerprint density at radius 3 is 2.69 bits per heavy atom. The van der Waals surface area contributed by atoms with E-state index >= 15 is 0 Å². The molecule has 0 aliphatic rings. The maximum Gasteiger partial charge on any atom is 0.0692 e. The molecule has 0 unspecified atom stereocenters. The summed E-state index contributed by atoms with van der Waals surface area (Å²) in [6.45, 7) is 7.11. The number of hydrogen-bond donors (Lipinski definition) is 0. The molecule has 0 N–H and O–H groups in total. The summed E-state index contributed by atoms with van der Waals surface area (Å²) in [4.78, 5) is 5.64. The Morgan fingerprint density at radius 2 is 2.08 bits per heavy atom. The van der Waals surface area contributed by atoms with Crippen molar-refractivity contribution in [3.8, 4) is 0 Å². The van der Waals surface area contributed by atoms with Crippen molar-refractivity contribution in [1.82, 2.24) is 0 Å². The van der Waals surface area contributed by atoms with Gasteiger partial charge in [-0.05, 0) is 32.4 Å². The van der Waals surface area contributed by atoms with Gasteiger partial charge in [0.2, 0.25) is 0 Å². The molecule has 0 bridgehead atoms. The number of aryl methyl sites for hydroxylation is 1. The van der Waals surface area contributed by atoms with Gasteiger partial charge in [0.05, 0.1) is 5.04 Å². The van der Waals surface area contributed by atoms with E-state index in [9.17, 15) is 0 Å². The highest BCUT2D eigenvalue weighted by Gasteiger charge is 1.98. The van der Waals surface area contributed by atoms with Crippen molar-refractivity contribution in [2.75, 3.05) is 6.54 Å². The molecule has 13 heavy (non-hydrogen) atoms. The van der Waals surface area contributed by atoms with Crippen molar-refractivity contribution in [2.45, 2.75) is 25.7 Å². The van der Waals surface area contributed by atoms with E-state index < -0.39 is 0 Å². The summed E-state index contributed by atoms with van der Waals surface area (Å²) in [7, 11) is 0. The minimum Gasteiger partial charge on any atom is -0.283 e. The highest BCUT2D eigenvalue weighted by Crippen LogP contribution is 2.22. The fraction of sp³-hybridized carbons (Fsp3) is 0.364. The molecule has 0 atom stereocenters. The zero-order chi connectivity index (χ0) is 9.68. The van der Waals surface area contributed by atoms with Gasteiger partial charge in [0.1, 0.15) is 0 Å². The molecule has 0 amide bonds. The zero-order valence-corrected chi connectivity index (χ0v) is 9.19. The number of hydrogen-bond acceptors (Lipinski definition) is 2. The summed E-state index contributed by atoms with van der Waals surface area (Å²) in [5, 5.41) is 1.14. The highest BCUT2D eigenvalue weighted by atomic mass is 32.2. The summed E-state index contributed by atoms with van der Waals surface area (Å²) < 4.78 is 0. The lowest BCUT2D eigenvalue weighted by Gasteiger charge is -2.03. The third-order valence-electron chi connectivity index (χ3n) is 1.73. The molecule has 1 aromatic rings. The van der Waals surface area contributed by atoms with Gasteiger partial charge < -0.3 is 0 Å². The van der Waals surface area contributed by atoms with Crippen LogP contribution >= 0.6 is 11.8 Å². The van der Waals surface area contributed by atoms with Crippen molar-refractivity contribution < 1.29 is 0 Å². The lowest BCUT2D eigenvalue weighted by atomic mass is 10.2. The van der Waals surface area contributed by atoms with Crippen LogP contribution in [0.1, 0.15) is 19.4 Å². The maximum atomic E-state index is 4.34. The molecular weight excluding hydrogens is 178 g/mol. The molecule has 0 saturated heterocycles. The zero-order valence-electron chi connectivity index (χ0n) is 8.37. The predicted molar refractivity (Wildman–Crippen MR) is 60.7 cm³/mol. The van der Waals surface area contributed by atoms with Crippen LogP contribution in [0.4, 0.5) is 0 Å². The van der Waals surface area contributed by atoms with Crippen LogP contribution in [0, 0.1) is 6.92 Å². The maximum absolute atomic E-state index is 4.34. The first-order valence-corrected chi connectivity index (χ1v) is 5.30. The second kappa shape index (κ2) is 5.07. The van der Waals surface area contributed by atoms with Crippen LogP contribution in [0.15, 0.2) is 34.2 Å². The van der Waals surface area contributed by atoms with Crippen molar-refractivity contribution in [3.05, 3.63) is 29.8 Å². The summed E-state index contributed by atoms with van der Waals surface area (Å²) >= 11 is 1.74. The van der Waals surface area contributed by atoms with Crippen LogP contribution in [0.25, 0.3) is 0 Å². The van der Waals surface area contributed by atoms with Crippen LogP contribution in [0.3, 0.4) is 0 Å². The minimum absolute atomic E-state index is 0.866.